The topological polar surface area (TPSA) is 45.8 Å². The van der Waals surface area contributed by atoms with Crippen LogP contribution in [0.15, 0.2) is 53.3 Å². The first kappa shape index (κ1) is 14.4. The first-order chi connectivity index (χ1) is 10.6. The lowest BCUT2D eigenvalue weighted by atomic mass is 9.99. The van der Waals surface area contributed by atoms with E-state index in [0.29, 0.717) is 5.56 Å². The fourth-order valence-corrected chi connectivity index (χ4v) is 2.34. The summed E-state index contributed by atoms with van der Waals surface area (Å²) in [5.41, 5.74) is -0.00125. The number of benzene rings is 2. The standard InChI is InChI=1S/C16H9ClF2N2O/c17-11-6-7-12(18)14(15(11)19)10-8-13(22)20-21-16(10)9-4-2-1-3-5-9/h1-8H,(H,20,22). The number of H-pyrrole nitrogens is 1. The minimum Gasteiger partial charge on any atom is -0.268 e. The maximum absolute atomic E-state index is 14.3. The Kier molecular flexibility index (Phi) is 3.73. The lowest BCUT2D eigenvalue weighted by Gasteiger charge is -2.10. The van der Waals surface area contributed by atoms with E-state index in [1.807, 2.05) is 0 Å². The number of nitrogens with one attached hydrogen (secondary N) is 1. The van der Waals surface area contributed by atoms with Crippen LogP contribution in [0.5, 0.6) is 0 Å². The highest BCUT2D eigenvalue weighted by Gasteiger charge is 2.19. The average molecular weight is 319 g/mol. The molecule has 3 rings (SSSR count). The second kappa shape index (κ2) is 5.69. The Labute approximate surface area is 129 Å². The number of hydrogen-bond donors (Lipinski definition) is 1. The SMILES string of the molecule is O=c1cc(-c2c(F)ccc(Cl)c2F)c(-c2ccccc2)n[nH]1. The number of hydrogen-bond acceptors (Lipinski definition) is 2. The molecule has 0 saturated heterocycles. The van der Waals surface area contributed by atoms with Crippen molar-refractivity contribution in [1.82, 2.24) is 10.2 Å². The van der Waals surface area contributed by atoms with Crippen LogP contribution >= 0.6 is 11.6 Å². The lowest BCUT2D eigenvalue weighted by molar-refractivity contribution is 0.589. The highest BCUT2D eigenvalue weighted by atomic mass is 35.5. The minimum absolute atomic E-state index is 0.0486. The van der Waals surface area contributed by atoms with Crippen molar-refractivity contribution >= 4 is 11.6 Å². The number of aromatic nitrogens is 2. The Bertz CT molecular complexity index is 894. The number of halogens is 3. The van der Waals surface area contributed by atoms with E-state index in [-0.39, 0.29) is 21.8 Å². The molecule has 1 aromatic heterocycles. The molecule has 0 atom stereocenters. The molecule has 2 aromatic carbocycles. The summed E-state index contributed by atoms with van der Waals surface area (Å²) in [7, 11) is 0. The van der Waals surface area contributed by atoms with Gasteiger partial charge >= 0.3 is 0 Å². The van der Waals surface area contributed by atoms with Crippen LogP contribution in [-0.4, -0.2) is 10.2 Å². The summed E-state index contributed by atoms with van der Waals surface area (Å²) in [6.45, 7) is 0. The van der Waals surface area contributed by atoms with Crippen molar-refractivity contribution in [3.63, 3.8) is 0 Å². The van der Waals surface area contributed by atoms with E-state index < -0.39 is 17.2 Å². The molecule has 0 aliphatic heterocycles. The van der Waals surface area contributed by atoms with Gasteiger partial charge in [0.05, 0.1) is 16.3 Å². The Balaban J connectivity index is 2.35. The van der Waals surface area contributed by atoms with Crippen molar-refractivity contribution in [2.75, 3.05) is 0 Å². The summed E-state index contributed by atoms with van der Waals surface area (Å²) in [4.78, 5) is 11.6. The third kappa shape index (κ3) is 2.51. The van der Waals surface area contributed by atoms with Crippen molar-refractivity contribution in [3.8, 4) is 22.4 Å². The summed E-state index contributed by atoms with van der Waals surface area (Å²) >= 11 is 5.73. The zero-order chi connectivity index (χ0) is 15.7. The third-order valence-corrected chi connectivity index (χ3v) is 3.46. The molecule has 6 heteroatoms. The Morgan fingerprint density at radius 2 is 1.77 bits per heavy atom. The zero-order valence-electron chi connectivity index (χ0n) is 11.1. The van der Waals surface area contributed by atoms with Crippen LogP contribution in [0, 0.1) is 11.6 Å². The van der Waals surface area contributed by atoms with Crippen LogP contribution in [0.2, 0.25) is 5.02 Å². The molecule has 1 heterocycles. The fourth-order valence-electron chi connectivity index (χ4n) is 2.18. The molecule has 0 aliphatic rings. The number of rotatable bonds is 2. The molecule has 0 amide bonds. The lowest BCUT2D eigenvalue weighted by Crippen LogP contribution is -2.09. The molecule has 0 spiro atoms. The van der Waals surface area contributed by atoms with Gasteiger partial charge in [0, 0.05) is 17.2 Å². The van der Waals surface area contributed by atoms with Crippen LogP contribution < -0.4 is 5.56 Å². The smallest absolute Gasteiger partial charge is 0.264 e. The summed E-state index contributed by atoms with van der Waals surface area (Å²) < 4.78 is 28.4. The van der Waals surface area contributed by atoms with Gasteiger partial charge in [0.15, 0.2) is 5.82 Å². The van der Waals surface area contributed by atoms with Crippen LogP contribution in [0.25, 0.3) is 22.4 Å². The van der Waals surface area contributed by atoms with E-state index in [1.54, 1.807) is 30.3 Å². The first-order valence-electron chi connectivity index (χ1n) is 6.37. The molecule has 0 unspecified atom stereocenters. The van der Waals surface area contributed by atoms with Crippen molar-refractivity contribution in [1.29, 1.82) is 0 Å². The van der Waals surface area contributed by atoms with Crippen molar-refractivity contribution in [3.05, 3.63) is 75.5 Å². The highest BCUT2D eigenvalue weighted by molar-refractivity contribution is 6.31. The van der Waals surface area contributed by atoms with Gasteiger partial charge in [-0.05, 0) is 12.1 Å². The summed E-state index contributed by atoms with van der Waals surface area (Å²) in [6.07, 6.45) is 0. The van der Waals surface area contributed by atoms with E-state index in [9.17, 15) is 13.6 Å². The molecule has 0 aliphatic carbocycles. The molecule has 22 heavy (non-hydrogen) atoms. The van der Waals surface area contributed by atoms with Gasteiger partial charge in [-0.15, -0.1) is 0 Å². The van der Waals surface area contributed by atoms with Crippen LogP contribution in [0.3, 0.4) is 0 Å². The van der Waals surface area contributed by atoms with Crippen LogP contribution in [0.4, 0.5) is 8.78 Å². The fraction of sp³-hybridized carbons (Fsp3) is 0. The molecular formula is C16H9ClF2N2O. The van der Waals surface area contributed by atoms with Crippen molar-refractivity contribution in [2.24, 2.45) is 0 Å². The highest BCUT2D eigenvalue weighted by Crippen LogP contribution is 2.34. The summed E-state index contributed by atoms with van der Waals surface area (Å²) in [5.74, 6) is -1.74. The van der Waals surface area contributed by atoms with E-state index in [0.717, 1.165) is 18.2 Å². The second-order valence-electron chi connectivity index (χ2n) is 4.58. The molecular weight excluding hydrogens is 310 g/mol. The quantitative estimate of drug-likeness (QED) is 0.725. The Hall–Kier alpha value is -2.53. The predicted octanol–water partition coefficient (Wildman–Crippen LogP) is 4.04. The number of nitrogens with zero attached hydrogens (tertiary/aromatic N) is 1. The molecule has 0 bridgehead atoms. The Morgan fingerprint density at radius 1 is 1.05 bits per heavy atom. The number of aromatic amines is 1. The van der Waals surface area contributed by atoms with Crippen LogP contribution in [0.1, 0.15) is 0 Å². The Morgan fingerprint density at radius 3 is 2.50 bits per heavy atom. The van der Waals surface area contributed by atoms with Gasteiger partial charge in [0.2, 0.25) is 0 Å². The molecule has 0 radical (unpaired) electrons. The summed E-state index contributed by atoms with van der Waals surface area (Å²) in [5, 5.41) is 5.98. The maximum Gasteiger partial charge on any atom is 0.264 e. The molecule has 110 valence electrons. The average Bonchev–Trinajstić information content (AvgIpc) is 2.52. The monoisotopic (exact) mass is 318 g/mol. The normalized spacial score (nSPS) is 10.7. The largest absolute Gasteiger partial charge is 0.268 e. The molecule has 1 N–H and O–H groups in total. The van der Waals surface area contributed by atoms with Gasteiger partial charge < -0.3 is 0 Å². The zero-order valence-corrected chi connectivity index (χ0v) is 11.9. The maximum atomic E-state index is 14.3. The van der Waals surface area contributed by atoms with E-state index in [2.05, 4.69) is 10.2 Å². The van der Waals surface area contributed by atoms with Crippen LogP contribution in [-0.2, 0) is 0 Å². The van der Waals surface area contributed by atoms with Gasteiger partial charge in [-0.3, -0.25) is 4.79 Å². The summed E-state index contributed by atoms with van der Waals surface area (Å²) in [6, 6.07) is 12.1. The van der Waals surface area contributed by atoms with Gasteiger partial charge in [-0.1, -0.05) is 41.9 Å². The van der Waals surface area contributed by atoms with Gasteiger partial charge in [0.1, 0.15) is 5.82 Å². The molecule has 0 fully saturated rings. The van der Waals surface area contributed by atoms with Crippen molar-refractivity contribution < 1.29 is 8.78 Å². The van der Waals surface area contributed by atoms with Gasteiger partial charge in [-0.2, -0.15) is 5.10 Å². The molecule has 3 aromatic rings. The molecule has 0 saturated carbocycles. The van der Waals surface area contributed by atoms with E-state index in [4.69, 9.17) is 11.6 Å². The van der Waals surface area contributed by atoms with Gasteiger partial charge in [0.25, 0.3) is 5.56 Å². The predicted molar refractivity (Wildman–Crippen MR) is 80.7 cm³/mol. The molecule has 3 nitrogen and oxygen atoms in total. The second-order valence-corrected chi connectivity index (χ2v) is 4.99. The van der Waals surface area contributed by atoms with Gasteiger partial charge in [-0.25, -0.2) is 13.9 Å². The minimum atomic E-state index is -0.925. The third-order valence-electron chi connectivity index (χ3n) is 3.17. The van der Waals surface area contributed by atoms with E-state index in [1.165, 1.54) is 0 Å². The van der Waals surface area contributed by atoms with Crippen molar-refractivity contribution in [2.45, 2.75) is 0 Å². The van der Waals surface area contributed by atoms with E-state index >= 15 is 0 Å². The first-order valence-corrected chi connectivity index (χ1v) is 6.74.